The Morgan fingerprint density at radius 2 is 1.46 bits per heavy atom. The number of ether oxygens (including phenoxy) is 3. The summed E-state index contributed by atoms with van der Waals surface area (Å²) in [6, 6.07) is 0. The van der Waals surface area contributed by atoms with Crippen LogP contribution in [0.4, 0.5) is 0 Å². The average molecular weight is 188 g/mol. The first-order valence-electron chi connectivity index (χ1n) is 4.08. The van der Waals surface area contributed by atoms with Crippen molar-refractivity contribution >= 4 is 11.9 Å². The van der Waals surface area contributed by atoms with Crippen LogP contribution >= 0.6 is 0 Å². The normalized spacial score (nSPS) is 26.9. The van der Waals surface area contributed by atoms with Crippen molar-refractivity contribution in [3.8, 4) is 0 Å². The number of hydrogen-bond acceptors (Lipinski definition) is 5. The van der Waals surface area contributed by atoms with Crippen LogP contribution in [0, 0.1) is 0 Å². The van der Waals surface area contributed by atoms with E-state index in [-0.39, 0.29) is 0 Å². The summed E-state index contributed by atoms with van der Waals surface area (Å²) in [4.78, 5) is 21.0. The third kappa shape index (κ3) is 3.42. The summed E-state index contributed by atoms with van der Waals surface area (Å²) in [5.41, 5.74) is 0. The summed E-state index contributed by atoms with van der Waals surface area (Å²) in [6.07, 6.45) is -0.00148. The third-order valence-corrected chi connectivity index (χ3v) is 1.54. The van der Waals surface area contributed by atoms with Crippen molar-refractivity contribution < 1.29 is 23.8 Å². The molecule has 0 aromatic carbocycles. The van der Waals surface area contributed by atoms with Crippen LogP contribution in [0.3, 0.4) is 0 Å². The Bertz CT molecular complexity index is 191. The largest absolute Gasteiger partial charge is 0.436 e. The molecule has 0 N–H and O–H groups in total. The van der Waals surface area contributed by atoms with Gasteiger partial charge in [-0.05, 0) is 0 Å². The van der Waals surface area contributed by atoms with E-state index in [1.165, 1.54) is 13.8 Å². The van der Waals surface area contributed by atoms with E-state index in [1.54, 1.807) is 0 Å². The zero-order chi connectivity index (χ0) is 9.84. The zero-order valence-electron chi connectivity index (χ0n) is 7.61. The van der Waals surface area contributed by atoms with Crippen LogP contribution in [0.25, 0.3) is 0 Å². The highest BCUT2D eigenvalue weighted by Crippen LogP contribution is 2.21. The molecule has 0 aliphatic carbocycles. The average Bonchev–Trinajstić information content (AvgIpc) is 2.33. The Balaban J connectivity index is 2.27. The Kier molecular flexibility index (Phi) is 3.25. The van der Waals surface area contributed by atoms with Gasteiger partial charge in [0.25, 0.3) is 0 Å². The van der Waals surface area contributed by atoms with Gasteiger partial charge >= 0.3 is 11.9 Å². The van der Waals surface area contributed by atoms with E-state index < -0.39 is 24.5 Å². The lowest BCUT2D eigenvalue weighted by molar-refractivity contribution is -0.207. The summed E-state index contributed by atoms with van der Waals surface area (Å²) < 4.78 is 14.6. The molecule has 2 atom stereocenters. The fourth-order valence-electron chi connectivity index (χ4n) is 1.12. The number of rotatable bonds is 2. The predicted octanol–water partition coefficient (Wildman–Crippen LogP) is 0.575. The van der Waals surface area contributed by atoms with Crippen LogP contribution in [0.15, 0.2) is 0 Å². The molecule has 1 rings (SSSR count). The van der Waals surface area contributed by atoms with Crippen molar-refractivity contribution in [2.45, 2.75) is 39.3 Å². The Morgan fingerprint density at radius 1 is 1.08 bits per heavy atom. The summed E-state index contributed by atoms with van der Waals surface area (Å²) in [5, 5.41) is 0. The van der Waals surface area contributed by atoms with Gasteiger partial charge in [0.05, 0.1) is 0 Å². The van der Waals surface area contributed by atoms with Gasteiger partial charge in [0, 0.05) is 26.7 Å². The van der Waals surface area contributed by atoms with Crippen LogP contribution in [0.1, 0.15) is 26.7 Å². The molecule has 0 amide bonds. The van der Waals surface area contributed by atoms with E-state index in [4.69, 9.17) is 14.2 Å². The molecule has 1 fully saturated rings. The van der Waals surface area contributed by atoms with Crippen LogP contribution in [0.2, 0.25) is 0 Å². The maximum Gasteiger partial charge on any atom is 0.304 e. The van der Waals surface area contributed by atoms with Crippen molar-refractivity contribution in [3.05, 3.63) is 0 Å². The lowest BCUT2D eigenvalue weighted by atomic mass is 10.3. The summed E-state index contributed by atoms with van der Waals surface area (Å²) in [6.45, 7) is 2.62. The molecular formula is C8H12O5. The highest BCUT2D eigenvalue weighted by Gasteiger charge is 2.29. The molecule has 0 bridgehead atoms. The molecule has 1 heterocycles. The fraction of sp³-hybridized carbons (Fsp3) is 0.750. The lowest BCUT2D eigenvalue weighted by Crippen LogP contribution is -2.20. The van der Waals surface area contributed by atoms with Crippen molar-refractivity contribution in [2.24, 2.45) is 0 Å². The van der Waals surface area contributed by atoms with Crippen molar-refractivity contribution in [3.63, 3.8) is 0 Å². The van der Waals surface area contributed by atoms with E-state index in [2.05, 4.69) is 0 Å². The second-order valence-corrected chi connectivity index (χ2v) is 2.79. The maximum atomic E-state index is 10.5. The number of esters is 2. The number of carbonyl (C=O) groups is 2. The maximum absolute atomic E-state index is 10.5. The summed E-state index contributed by atoms with van der Waals surface area (Å²) in [5.74, 6) is -0.790. The van der Waals surface area contributed by atoms with Crippen molar-refractivity contribution in [2.75, 3.05) is 0 Å². The minimum atomic E-state index is -0.568. The first-order chi connectivity index (χ1) is 6.08. The first-order valence-corrected chi connectivity index (χ1v) is 4.08. The van der Waals surface area contributed by atoms with Gasteiger partial charge in [-0.25, -0.2) is 0 Å². The lowest BCUT2D eigenvalue weighted by Gasteiger charge is -2.12. The van der Waals surface area contributed by atoms with E-state index in [9.17, 15) is 9.59 Å². The van der Waals surface area contributed by atoms with Crippen LogP contribution < -0.4 is 0 Å². The molecule has 5 nitrogen and oxygen atoms in total. The minimum Gasteiger partial charge on any atom is -0.436 e. The topological polar surface area (TPSA) is 61.8 Å². The van der Waals surface area contributed by atoms with E-state index in [0.29, 0.717) is 12.8 Å². The van der Waals surface area contributed by atoms with Crippen LogP contribution in [-0.4, -0.2) is 24.5 Å². The molecule has 1 saturated heterocycles. The molecule has 0 aromatic rings. The van der Waals surface area contributed by atoms with Crippen molar-refractivity contribution in [1.29, 1.82) is 0 Å². The molecule has 0 aromatic heterocycles. The SMILES string of the molecule is CC(=O)O[C@H]1CC[C@@H](OC(C)=O)O1. The first kappa shape index (κ1) is 9.98. The Labute approximate surface area is 76.0 Å². The molecule has 0 unspecified atom stereocenters. The van der Waals surface area contributed by atoms with Gasteiger partial charge in [0.2, 0.25) is 12.6 Å². The molecule has 1 aliphatic heterocycles. The highest BCUT2D eigenvalue weighted by molar-refractivity contribution is 5.66. The molecule has 0 radical (unpaired) electrons. The van der Waals surface area contributed by atoms with Gasteiger partial charge in [0.15, 0.2) is 0 Å². The molecule has 13 heavy (non-hydrogen) atoms. The number of hydrogen-bond donors (Lipinski definition) is 0. The van der Waals surface area contributed by atoms with Crippen LogP contribution in [-0.2, 0) is 23.8 Å². The number of carbonyl (C=O) groups excluding carboxylic acids is 2. The Morgan fingerprint density at radius 3 is 1.77 bits per heavy atom. The second-order valence-electron chi connectivity index (χ2n) is 2.79. The van der Waals surface area contributed by atoms with Gasteiger partial charge in [-0.3, -0.25) is 9.59 Å². The zero-order valence-corrected chi connectivity index (χ0v) is 7.61. The van der Waals surface area contributed by atoms with Gasteiger partial charge in [-0.2, -0.15) is 0 Å². The van der Waals surface area contributed by atoms with Gasteiger partial charge in [-0.1, -0.05) is 0 Å². The highest BCUT2D eigenvalue weighted by atomic mass is 16.8. The monoisotopic (exact) mass is 188 g/mol. The van der Waals surface area contributed by atoms with E-state index in [0.717, 1.165) is 0 Å². The second kappa shape index (κ2) is 4.23. The minimum absolute atomic E-state index is 0.395. The molecule has 74 valence electrons. The molecular weight excluding hydrogens is 176 g/mol. The van der Waals surface area contributed by atoms with E-state index in [1.807, 2.05) is 0 Å². The molecule has 0 spiro atoms. The molecule has 5 heteroatoms. The standard InChI is InChI=1S/C8H12O5/c1-5(9)11-7-3-4-8(13-7)12-6(2)10/h7-8H,3-4H2,1-2H3/t7-,8+. The fourth-order valence-corrected chi connectivity index (χ4v) is 1.12. The van der Waals surface area contributed by atoms with Gasteiger partial charge < -0.3 is 14.2 Å². The summed E-state index contributed by atoms with van der Waals surface area (Å²) >= 11 is 0. The Hall–Kier alpha value is -1.10. The smallest absolute Gasteiger partial charge is 0.304 e. The van der Waals surface area contributed by atoms with Gasteiger partial charge in [-0.15, -0.1) is 0 Å². The summed E-state index contributed by atoms with van der Waals surface area (Å²) in [7, 11) is 0. The third-order valence-electron chi connectivity index (χ3n) is 1.54. The van der Waals surface area contributed by atoms with E-state index >= 15 is 0 Å². The molecule has 0 saturated carbocycles. The van der Waals surface area contributed by atoms with Crippen LogP contribution in [0.5, 0.6) is 0 Å². The molecule has 1 aliphatic rings. The van der Waals surface area contributed by atoms with Gasteiger partial charge in [0.1, 0.15) is 0 Å². The quantitative estimate of drug-likeness (QED) is 0.593. The predicted molar refractivity (Wildman–Crippen MR) is 41.4 cm³/mol. The van der Waals surface area contributed by atoms with Crippen molar-refractivity contribution in [1.82, 2.24) is 0 Å².